The molecule has 0 bridgehead atoms. The van der Waals surface area contributed by atoms with E-state index in [1.807, 2.05) is 0 Å². The lowest BCUT2D eigenvalue weighted by Crippen LogP contribution is -2.20. The maximum atomic E-state index is 14.5. The van der Waals surface area contributed by atoms with Crippen molar-refractivity contribution in [1.82, 2.24) is 4.57 Å². The number of aliphatic hydroxyl groups excluding tert-OH is 1. The van der Waals surface area contributed by atoms with Gasteiger partial charge in [0.05, 0.1) is 39.6 Å². The van der Waals surface area contributed by atoms with Gasteiger partial charge in [-0.05, 0) is 12.1 Å². The van der Waals surface area contributed by atoms with Gasteiger partial charge in [-0.2, -0.15) is 0 Å². The van der Waals surface area contributed by atoms with Gasteiger partial charge in [-0.15, -0.1) is 0 Å². The summed E-state index contributed by atoms with van der Waals surface area (Å²) in [6.45, 7) is -0.445. The van der Waals surface area contributed by atoms with E-state index in [0.29, 0.717) is 6.07 Å². The Balaban J connectivity index is 2.51. The number of halogens is 4. The molecule has 0 aliphatic heterocycles. The maximum absolute atomic E-state index is 14.5. The monoisotopic (exact) mass is 427 g/mol. The zero-order chi connectivity index (χ0) is 21.5. The van der Waals surface area contributed by atoms with E-state index >= 15 is 0 Å². The molecule has 5 N–H and O–H groups in total. The minimum Gasteiger partial charge on any atom is -0.477 e. The van der Waals surface area contributed by atoms with Gasteiger partial charge in [0.15, 0.2) is 0 Å². The highest BCUT2D eigenvalue weighted by molar-refractivity contribution is 6.38. The van der Waals surface area contributed by atoms with Crippen LogP contribution in [-0.2, 0) is 0 Å². The molecule has 0 aliphatic rings. The van der Waals surface area contributed by atoms with Crippen molar-refractivity contribution in [2.24, 2.45) is 0 Å². The smallest absolute Gasteiger partial charge is 0.341 e. The Bertz CT molecular complexity index is 1210. The number of carboxylic acids is 1. The molecule has 11 heteroatoms. The number of nitrogens with two attached hydrogens (primary N) is 1. The van der Waals surface area contributed by atoms with E-state index in [4.69, 9.17) is 22.4 Å². The maximum Gasteiger partial charge on any atom is 0.341 e. The van der Waals surface area contributed by atoms with Gasteiger partial charge in [0.2, 0.25) is 5.43 Å². The van der Waals surface area contributed by atoms with Gasteiger partial charge in [-0.3, -0.25) is 4.79 Å². The molecule has 0 fully saturated rings. The summed E-state index contributed by atoms with van der Waals surface area (Å²) in [5.41, 5.74) is 2.29. The standard InChI is InChI=1S/C18H13ClF3N3O4/c19-14-15(24-1-2-26)11(22)3-7-16(14)25(6-8(17(7)27)18(28)29)13-5-12(23)9(20)4-10(13)21/h3-6,24,26H,1-2,23H2,(H,28,29). The molecule has 0 saturated carbocycles. The average Bonchev–Trinajstić information content (AvgIpc) is 2.65. The number of nitrogens with zero attached hydrogens (tertiary/aromatic N) is 1. The fourth-order valence-electron chi connectivity index (χ4n) is 2.84. The molecular formula is C18H13ClF3N3O4. The van der Waals surface area contributed by atoms with E-state index < -0.39 is 51.2 Å². The van der Waals surface area contributed by atoms with Crippen LogP contribution in [0.25, 0.3) is 16.6 Å². The summed E-state index contributed by atoms with van der Waals surface area (Å²) >= 11 is 6.25. The van der Waals surface area contributed by atoms with Crippen LogP contribution >= 0.6 is 11.6 Å². The van der Waals surface area contributed by atoms with Crippen LogP contribution in [0, 0.1) is 17.5 Å². The van der Waals surface area contributed by atoms with Crippen LogP contribution in [0.5, 0.6) is 0 Å². The molecule has 0 radical (unpaired) electrons. The molecule has 0 unspecified atom stereocenters. The number of hydrogen-bond donors (Lipinski definition) is 4. The predicted octanol–water partition coefficient (Wildman–Crippen LogP) is 2.75. The molecule has 1 heterocycles. The van der Waals surface area contributed by atoms with Crippen LogP contribution in [0.15, 0.2) is 29.2 Å². The van der Waals surface area contributed by atoms with Crippen molar-refractivity contribution in [1.29, 1.82) is 0 Å². The number of aromatic carboxylic acids is 1. The minimum atomic E-state index is -1.64. The molecule has 3 aromatic rings. The number of aromatic nitrogens is 1. The first-order valence-electron chi connectivity index (χ1n) is 8.07. The second-order valence-electron chi connectivity index (χ2n) is 5.97. The van der Waals surface area contributed by atoms with Crippen molar-refractivity contribution in [3.05, 3.63) is 62.7 Å². The summed E-state index contributed by atoms with van der Waals surface area (Å²) in [6, 6.07) is 2.12. The summed E-state index contributed by atoms with van der Waals surface area (Å²) in [4.78, 5) is 24.0. The zero-order valence-electron chi connectivity index (χ0n) is 14.5. The first-order valence-corrected chi connectivity index (χ1v) is 8.45. The molecule has 2 aromatic carbocycles. The molecule has 1 aromatic heterocycles. The van der Waals surface area contributed by atoms with E-state index in [2.05, 4.69) is 5.32 Å². The zero-order valence-corrected chi connectivity index (χ0v) is 15.2. The van der Waals surface area contributed by atoms with Gasteiger partial charge < -0.3 is 25.8 Å². The first-order chi connectivity index (χ1) is 13.7. The molecule has 0 aliphatic carbocycles. The number of nitrogens with one attached hydrogen (secondary N) is 1. The van der Waals surface area contributed by atoms with Crippen molar-refractivity contribution in [3.8, 4) is 5.69 Å². The average molecular weight is 428 g/mol. The molecular weight excluding hydrogens is 415 g/mol. The SMILES string of the molecule is Nc1cc(-n2cc(C(=O)O)c(=O)c3cc(F)c(NCCO)c(Cl)c32)c(F)cc1F. The number of hydrogen-bond acceptors (Lipinski definition) is 5. The molecule has 152 valence electrons. The lowest BCUT2D eigenvalue weighted by atomic mass is 10.1. The summed E-state index contributed by atoms with van der Waals surface area (Å²) in [5, 5.41) is 20.0. The second-order valence-corrected chi connectivity index (χ2v) is 6.34. The van der Waals surface area contributed by atoms with Crippen LogP contribution in [0.4, 0.5) is 24.5 Å². The summed E-state index contributed by atoms with van der Waals surface area (Å²) in [7, 11) is 0. The van der Waals surface area contributed by atoms with Crippen LogP contribution in [0.2, 0.25) is 5.02 Å². The topological polar surface area (TPSA) is 118 Å². The largest absolute Gasteiger partial charge is 0.477 e. The number of fused-ring (bicyclic) bond motifs is 1. The molecule has 0 amide bonds. The van der Waals surface area contributed by atoms with E-state index in [9.17, 15) is 27.9 Å². The number of rotatable bonds is 5. The van der Waals surface area contributed by atoms with Crippen molar-refractivity contribution in [3.63, 3.8) is 0 Å². The lowest BCUT2D eigenvalue weighted by molar-refractivity contribution is 0.0695. The molecule has 3 rings (SSSR count). The summed E-state index contributed by atoms with van der Waals surface area (Å²) in [5.74, 6) is -4.79. The third-order valence-electron chi connectivity index (χ3n) is 4.15. The molecule has 0 atom stereocenters. The van der Waals surface area contributed by atoms with Gasteiger partial charge >= 0.3 is 5.97 Å². The highest BCUT2D eigenvalue weighted by Crippen LogP contribution is 2.35. The van der Waals surface area contributed by atoms with Gasteiger partial charge in [0, 0.05) is 18.8 Å². The van der Waals surface area contributed by atoms with Crippen molar-refractivity contribution in [2.75, 3.05) is 24.2 Å². The number of anilines is 2. The molecule has 0 spiro atoms. The molecule has 7 nitrogen and oxygen atoms in total. The van der Waals surface area contributed by atoms with E-state index in [0.717, 1.165) is 22.9 Å². The van der Waals surface area contributed by atoms with Crippen molar-refractivity contribution >= 4 is 39.8 Å². The van der Waals surface area contributed by atoms with E-state index in [1.54, 1.807) is 0 Å². The Morgan fingerprint density at radius 3 is 2.48 bits per heavy atom. The van der Waals surface area contributed by atoms with Crippen LogP contribution in [0.1, 0.15) is 10.4 Å². The Labute approximate surface area is 165 Å². The fraction of sp³-hybridized carbons (Fsp3) is 0.111. The fourth-order valence-corrected chi connectivity index (χ4v) is 3.19. The highest BCUT2D eigenvalue weighted by atomic mass is 35.5. The second kappa shape index (κ2) is 7.64. The number of pyridine rings is 1. The van der Waals surface area contributed by atoms with Crippen molar-refractivity contribution < 1.29 is 28.2 Å². The number of carbonyl (C=O) groups is 1. The molecule has 0 saturated heterocycles. The number of aliphatic hydroxyl groups is 1. The van der Waals surface area contributed by atoms with Gasteiger partial charge in [0.1, 0.15) is 23.0 Å². The van der Waals surface area contributed by atoms with E-state index in [1.165, 1.54) is 0 Å². The number of carboxylic acid groups (broad SMARTS) is 1. The first kappa shape index (κ1) is 20.5. The van der Waals surface area contributed by atoms with E-state index in [-0.39, 0.29) is 29.4 Å². The van der Waals surface area contributed by atoms with Crippen molar-refractivity contribution in [2.45, 2.75) is 0 Å². The normalized spacial score (nSPS) is 11.1. The van der Waals surface area contributed by atoms with Crippen LogP contribution in [-0.4, -0.2) is 33.9 Å². The van der Waals surface area contributed by atoms with Gasteiger partial charge in [-0.1, -0.05) is 11.6 Å². The Morgan fingerprint density at radius 1 is 1.17 bits per heavy atom. The number of benzene rings is 2. The summed E-state index contributed by atoms with van der Waals surface area (Å²) < 4.78 is 43.4. The Morgan fingerprint density at radius 2 is 1.86 bits per heavy atom. The third kappa shape index (κ3) is 3.47. The highest BCUT2D eigenvalue weighted by Gasteiger charge is 2.23. The third-order valence-corrected chi connectivity index (χ3v) is 4.52. The minimum absolute atomic E-state index is 0.0859. The van der Waals surface area contributed by atoms with Crippen LogP contribution in [0.3, 0.4) is 0 Å². The summed E-state index contributed by atoms with van der Waals surface area (Å²) in [6.07, 6.45) is 0.794. The van der Waals surface area contributed by atoms with Crippen LogP contribution < -0.4 is 16.5 Å². The lowest BCUT2D eigenvalue weighted by Gasteiger charge is -2.18. The van der Waals surface area contributed by atoms with Gasteiger partial charge in [-0.25, -0.2) is 18.0 Å². The van der Waals surface area contributed by atoms with Gasteiger partial charge in [0.25, 0.3) is 0 Å². The quantitative estimate of drug-likeness (QED) is 0.465. The Kier molecular flexibility index (Phi) is 5.40. The Hall–Kier alpha value is -3.24. The predicted molar refractivity (Wildman–Crippen MR) is 101 cm³/mol. The molecule has 29 heavy (non-hydrogen) atoms. The number of nitrogen functional groups attached to an aromatic ring is 1.